The molecule has 1 saturated heterocycles. The Balaban J connectivity index is 1.81. The van der Waals surface area contributed by atoms with E-state index < -0.39 is 45.7 Å². The summed E-state index contributed by atoms with van der Waals surface area (Å²) in [7, 11) is -4.05. The molecule has 11 nitrogen and oxygen atoms in total. The number of nitrogens with one attached hydrogen (secondary N) is 1. The number of nitriles is 1. The van der Waals surface area contributed by atoms with E-state index in [2.05, 4.69) is 5.32 Å². The van der Waals surface area contributed by atoms with Crippen molar-refractivity contribution in [2.24, 2.45) is 0 Å². The number of carbonyl (C=O) groups is 3. The van der Waals surface area contributed by atoms with Crippen LogP contribution in [0, 0.1) is 11.3 Å². The summed E-state index contributed by atoms with van der Waals surface area (Å²) in [6.07, 6.45) is 0.0541. The third kappa shape index (κ3) is 5.33. The summed E-state index contributed by atoms with van der Waals surface area (Å²) in [4.78, 5) is 36.5. The van der Waals surface area contributed by atoms with Crippen molar-refractivity contribution in [2.45, 2.75) is 30.3 Å². The maximum absolute atomic E-state index is 13.1. The molecule has 2 N–H and O–H groups in total. The first kappa shape index (κ1) is 24.7. The van der Waals surface area contributed by atoms with Crippen LogP contribution in [0.1, 0.15) is 19.4 Å². The van der Waals surface area contributed by atoms with Crippen molar-refractivity contribution in [1.29, 1.82) is 5.26 Å². The molecule has 2 aromatic rings. The molecular formula is C22H22N4O7S. The van der Waals surface area contributed by atoms with Crippen molar-refractivity contribution < 1.29 is 32.7 Å². The van der Waals surface area contributed by atoms with Gasteiger partial charge in [-0.05, 0) is 62.4 Å². The summed E-state index contributed by atoms with van der Waals surface area (Å²) in [5, 5.41) is 21.1. The lowest BCUT2D eigenvalue weighted by molar-refractivity contribution is -0.153. The van der Waals surface area contributed by atoms with E-state index in [-0.39, 0.29) is 16.4 Å². The molecule has 178 valence electrons. The second kappa shape index (κ2) is 9.50. The van der Waals surface area contributed by atoms with Gasteiger partial charge in [-0.25, -0.2) is 18.3 Å². The zero-order valence-corrected chi connectivity index (χ0v) is 19.2. The van der Waals surface area contributed by atoms with E-state index in [1.165, 1.54) is 38.1 Å². The molecule has 34 heavy (non-hydrogen) atoms. The number of sulfone groups is 1. The van der Waals surface area contributed by atoms with Gasteiger partial charge in [-0.1, -0.05) is 0 Å². The van der Waals surface area contributed by atoms with Gasteiger partial charge in [-0.3, -0.25) is 19.7 Å². The molecule has 12 heteroatoms. The van der Waals surface area contributed by atoms with E-state index in [1.807, 2.05) is 6.07 Å². The highest BCUT2D eigenvalue weighted by Gasteiger charge is 2.48. The molecule has 2 aromatic carbocycles. The number of amides is 4. The molecule has 0 aliphatic carbocycles. The van der Waals surface area contributed by atoms with Crippen molar-refractivity contribution in [3.8, 4) is 17.6 Å². The largest absolute Gasteiger partial charge is 0.457 e. The minimum Gasteiger partial charge on any atom is -0.457 e. The number of carbonyl (C=O) groups excluding carboxylic acids is 3. The van der Waals surface area contributed by atoms with E-state index in [0.717, 1.165) is 0 Å². The topological polar surface area (TPSA) is 157 Å². The Labute approximate surface area is 196 Å². The molecule has 0 radical (unpaired) electrons. The molecule has 1 atom stereocenters. The minimum atomic E-state index is -4.05. The number of rotatable bonds is 9. The van der Waals surface area contributed by atoms with E-state index in [9.17, 15) is 28.0 Å². The van der Waals surface area contributed by atoms with Crippen LogP contribution in [0.3, 0.4) is 0 Å². The Hall–Kier alpha value is -3.95. The second-order valence-corrected chi connectivity index (χ2v) is 10.1. The van der Waals surface area contributed by atoms with E-state index in [0.29, 0.717) is 22.0 Å². The number of hydrogen-bond acceptors (Lipinski definition) is 8. The van der Waals surface area contributed by atoms with Crippen molar-refractivity contribution in [2.75, 3.05) is 12.3 Å². The Bertz CT molecular complexity index is 1240. The van der Waals surface area contributed by atoms with Crippen LogP contribution in [-0.2, 0) is 19.4 Å². The molecule has 1 aliphatic heterocycles. The number of ether oxygens (including phenoxy) is 1. The van der Waals surface area contributed by atoms with Crippen molar-refractivity contribution in [3.05, 3.63) is 54.1 Å². The summed E-state index contributed by atoms with van der Waals surface area (Å²) in [5.74, 6) is -0.599. The molecule has 1 fully saturated rings. The fraction of sp³-hybridized carbons (Fsp3) is 0.273. The Kier molecular flexibility index (Phi) is 6.90. The summed E-state index contributed by atoms with van der Waals surface area (Å²) in [6.45, 7) is 2.33. The Morgan fingerprint density at radius 2 is 1.71 bits per heavy atom. The van der Waals surface area contributed by atoms with Crippen molar-refractivity contribution >= 4 is 28.2 Å². The zero-order chi connectivity index (χ0) is 25.1. The first-order valence-corrected chi connectivity index (χ1v) is 11.7. The normalized spacial score (nSPS) is 15.9. The number of urea groups is 1. The highest BCUT2D eigenvalue weighted by atomic mass is 32.2. The van der Waals surface area contributed by atoms with Gasteiger partial charge < -0.3 is 10.1 Å². The van der Waals surface area contributed by atoms with E-state index >= 15 is 0 Å². The zero-order valence-electron chi connectivity index (χ0n) is 18.3. The highest BCUT2D eigenvalue weighted by Crippen LogP contribution is 2.26. The van der Waals surface area contributed by atoms with Crippen LogP contribution >= 0.6 is 0 Å². The molecule has 1 aliphatic rings. The lowest BCUT2D eigenvalue weighted by Crippen LogP contribution is -2.50. The van der Waals surface area contributed by atoms with Gasteiger partial charge in [0.15, 0.2) is 9.84 Å². The van der Waals surface area contributed by atoms with Crippen molar-refractivity contribution in [1.82, 2.24) is 15.3 Å². The smallest absolute Gasteiger partial charge is 0.325 e. The van der Waals surface area contributed by atoms with Gasteiger partial charge in [-0.15, -0.1) is 0 Å². The van der Waals surface area contributed by atoms with Crippen LogP contribution in [0.4, 0.5) is 4.79 Å². The van der Waals surface area contributed by atoms with E-state index in [1.54, 1.807) is 24.3 Å². The average Bonchev–Trinajstić information content (AvgIpc) is 3.00. The Morgan fingerprint density at radius 3 is 2.18 bits per heavy atom. The van der Waals surface area contributed by atoms with Gasteiger partial charge in [0.1, 0.15) is 17.0 Å². The van der Waals surface area contributed by atoms with Gasteiger partial charge in [0.2, 0.25) is 6.41 Å². The molecule has 4 amide bonds. The lowest BCUT2D eigenvalue weighted by Gasteiger charge is -2.27. The maximum Gasteiger partial charge on any atom is 0.325 e. The van der Waals surface area contributed by atoms with Crippen LogP contribution in [0.25, 0.3) is 0 Å². The molecule has 0 saturated carbocycles. The third-order valence-electron chi connectivity index (χ3n) is 5.09. The van der Waals surface area contributed by atoms with Crippen LogP contribution in [0.15, 0.2) is 53.4 Å². The van der Waals surface area contributed by atoms with Gasteiger partial charge >= 0.3 is 6.03 Å². The standard InChI is InChI=1S/C22H22N4O7S/c1-22(2)20(28)26(21(29)24-22)16(12-25(30)14-27)13-34(31,32)19-9-7-18(8-10-19)33-17-5-3-15(11-23)4-6-17/h3-10,14,16,30H,12-13H2,1-2H3,(H,24,29). The minimum absolute atomic E-state index is 0.0541. The number of imide groups is 1. The number of hydrogen-bond donors (Lipinski definition) is 2. The Morgan fingerprint density at radius 1 is 1.15 bits per heavy atom. The van der Waals surface area contributed by atoms with Crippen molar-refractivity contribution in [3.63, 3.8) is 0 Å². The molecule has 0 bridgehead atoms. The molecule has 1 unspecified atom stereocenters. The van der Waals surface area contributed by atoms with Gasteiger partial charge in [-0.2, -0.15) is 5.26 Å². The summed E-state index contributed by atoms with van der Waals surface area (Å²) in [6, 6.07) is 11.7. The van der Waals surface area contributed by atoms with Crippen LogP contribution in [0.2, 0.25) is 0 Å². The first-order valence-electron chi connectivity index (χ1n) is 10.0. The third-order valence-corrected chi connectivity index (χ3v) is 6.90. The summed E-state index contributed by atoms with van der Waals surface area (Å²) < 4.78 is 31.7. The van der Waals surface area contributed by atoms with E-state index in [4.69, 9.17) is 10.00 Å². The van der Waals surface area contributed by atoms with Crippen LogP contribution < -0.4 is 10.1 Å². The number of hydroxylamine groups is 2. The summed E-state index contributed by atoms with van der Waals surface area (Å²) >= 11 is 0. The van der Waals surface area contributed by atoms with Crippen LogP contribution in [-0.4, -0.2) is 65.8 Å². The van der Waals surface area contributed by atoms with Gasteiger partial charge in [0.25, 0.3) is 5.91 Å². The number of benzene rings is 2. The molecule has 0 aromatic heterocycles. The molecular weight excluding hydrogens is 464 g/mol. The number of nitrogens with zero attached hydrogens (tertiary/aromatic N) is 3. The molecule has 3 rings (SSSR count). The SMILES string of the molecule is CC1(C)NC(=O)N(C(CN(O)C=O)CS(=O)(=O)c2ccc(Oc3ccc(C#N)cc3)cc2)C1=O. The predicted octanol–water partition coefficient (Wildman–Crippen LogP) is 1.67. The second-order valence-electron chi connectivity index (χ2n) is 8.10. The van der Waals surface area contributed by atoms with Gasteiger partial charge in [0.05, 0.1) is 34.9 Å². The summed E-state index contributed by atoms with van der Waals surface area (Å²) in [5.41, 5.74) is -0.793. The highest BCUT2D eigenvalue weighted by molar-refractivity contribution is 7.91. The average molecular weight is 487 g/mol. The monoisotopic (exact) mass is 486 g/mol. The lowest BCUT2D eigenvalue weighted by atomic mass is 10.1. The van der Waals surface area contributed by atoms with Gasteiger partial charge in [0, 0.05) is 0 Å². The molecule has 0 spiro atoms. The fourth-order valence-electron chi connectivity index (χ4n) is 3.37. The first-order chi connectivity index (χ1) is 16.0. The maximum atomic E-state index is 13.1. The van der Waals surface area contributed by atoms with Crippen LogP contribution in [0.5, 0.6) is 11.5 Å². The molecule has 1 heterocycles. The predicted molar refractivity (Wildman–Crippen MR) is 118 cm³/mol. The quantitative estimate of drug-likeness (QED) is 0.234. The fourth-order valence-corrected chi connectivity index (χ4v) is 4.88.